The summed E-state index contributed by atoms with van der Waals surface area (Å²) >= 11 is 0. The molecule has 1 rings (SSSR count). The quantitative estimate of drug-likeness (QED) is 0.746. The minimum atomic E-state index is -1.67. The Morgan fingerprint density at radius 2 is 1.82 bits per heavy atom. The van der Waals surface area contributed by atoms with Crippen molar-refractivity contribution in [3.05, 3.63) is 0 Å². The van der Waals surface area contributed by atoms with Crippen molar-refractivity contribution in [3.8, 4) is 0 Å². The molecule has 0 bridgehead atoms. The van der Waals surface area contributed by atoms with Crippen LogP contribution in [-0.2, 0) is 25.1 Å². The molecule has 1 aliphatic carbocycles. The van der Waals surface area contributed by atoms with Gasteiger partial charge in [0.15, 0.2) is 0 Å². The maximum absolute atomic E-state index is 11.4. The molecular weight excluding hydrogens is 244 g/mol. The second kappa shape index (κ2) is 6.74. The van der Waals surface area contributed by atoms with Gasteiger partial charge in [-0.2, -0.15) is 0 Å². The zero-order valence-corrected chi connectivity index (χ0v) is 10.7. The van der Waals surface area contributed by atoms with E-state index in [2.05, 4.69) is 6.92 Å². The Morgan fingerprint density at radius 3 is 2.35 bits per heavy atom. The van der Waals surface area contributed by atoms with Crippen molar-refractivity contribution >= 4 is 22.7 Å². The van der Waals surface area contributed by atoms with E-state index >= 15 is 0 Å². The summed E-state index contributed by atoms with van der Waals surface area (Å²) < 4.78 is 16.4. The molecular formula is C11H18O5S. The summed E-state index contributed by atoms with van der Waals surface area (Å²) in [6.07, 6.45) is 3.68. The van der Waals surface area contributed by atoms with Crippen LogP contribution >= 0.6 is 0 Å². The van der Waals surface area contributed by atoms with Crippen molar-refractivity contribution < 1.29 is 23.6 Å². The van der Waals surface area contributed by atoms with Crippen molar-refractivity contribution in [3.63, 3.8) is 0 Å². The fourth-order valence-electron chi connectivity index (χ4n) is 1.89. The Hall–Kier alpha value is -0.910. The molecule has 0 radical (unpaired) electrons. The van der Waals surface area contributed by atoms with E-state index in [4.69, 9.17) is 9.84 Å². The first-order chi connectivity index (χ1) is 7.97. The standard InChI is InChI=1S/C11H18O5S/c1-8-2-4-9(5-3-8)16-11(14)7-17(15)6-10(12)13/h8-9H,2-7H2,1H3,(H,12,13). The number of hydrogen-bond acceptors (Lipinski definition) is 4. The number of carboxylic acid groups (broad SMARTS) is 1. The number of aliphatic carboxylic acids is 1. The summed E-state index contributed by atoms with van der Waals surface area (Å²) in [6, 6.07) is 0. The average molecular weight is 262 g/mol. The Bertz CT molecular complexity index is 307. The largest absolute Gasteiger partial charge is 0.481 e. The van der Waals surface area contributed by atoms with E-state index in [0.717, 1.165) is 25.7 Å². The molecule has 0 amide bonds. The zero-order valence-electron chi connectivity index (χ0n) is 9.89. The van der Waals surface area contributed by atoms with E-state index in [1.807, 2.05) is 0 Å². The van der Waals surface area contributed by atoms with Gasteiger partial charge < -0.3 is 9.84 Å². The van der Waals surface area contributed by atoms with Gasteiger partial charge in [-0.25, -0.2) is 0 Å². The number of carboxylic acids is 1. The summed E-state index contributed by atoms with van der Waals surface area (Å²) in [5, 5.41) is 8.40. The number of hydrogen-bond donors (Lipinski definition) is 1. The van der Waals surface area contributed by atoms with Crippen LogP contribution in [0, 0.1) is 5.92 Å². The van der Waals surface area contributed by atoms with Gasteiger partial charge >= 0.3 is 11.9 Å². The summed E-state index contributed by atoms with van der Waals surface area (Å²) in [5.41, 5.74) is 0. The van der Waals surface area contributed by atoms with Crippen LogP contribution in [0.25, 0.3) is 0 Å². The third-order valence-electron chi connectivity index (χ3n) is 2.82. The lowest BCUT2D eigenvalue weighted by Gasteiger charge is -2.25. The number of carbonyl (C=O) groups excluding carboxylic acids is 1. The molecule has 1 N–H and O–H groups in total. The van der Waals surface area contributed by atoms with E-state index in [-0.39, 0.29) is 11.9 Å². The minimum absolute atomic E-state index is 0.0828. The van der Waals surface area contributed by atoms with Crippen LogP contribution in [0.15, 0.2) is 0 Å². The molecule has 1 saturated carbocycles. The number of ether oxygens (including phenoxy) is 1. The van der Waals surface area contributed by atoms with Crippen molar-refractivity contribution in [1.29, 1.82) is 0 Å². The summed E-state index contributed by atoms with van der Waals surface area (Å²) in [7, 11) is -1.67. The number of carbonyl (C=O) groups is 2. The highest BCUT2D eigenvalue weighted by atomic mass is 32.2. The van der Waals surface area contributed by atoms with E-state index in [1.54, 1.807) is 0 Å². The van der Waals surface area contributed by atoms with Crippen LogP contribution in [0.1, 0.15) is 32.6 Å². The third kappa shape index (κ3) is 5.81. The molecule has 17 heavy (non-hydrogen) atoms. The van der Waals surface area contributed by atoms with Gasteiger partial charge in [0, 0.05) is 10.8 Å². The van der Waals surface area contributed by atoms with Gasteiger partial charge in [-0.3, -0.25) is 13.8 Å². The van der Waals surface area contributed by atoms with Gasteiger partial charge in [0.1, 0.15) is 17.6 Å². The number of rotatable bonds is 5. The lowest BCUT2D eigenvalue weighted by Crippen LogP contribution is -2.27. The van der Waals surface area contributed by atoms with Crippen molar-refractivity contribution in [1.82, 2.24) is 0 Å². The van der Waals surface area contributed by atoms with Crippen molar-refractivity contribution in [2.75, 3.05) is 11.5 Å². The SMILES string of the molecule is CC1CCC(OC(=O)CS(=O)CC(=O)O)CC1. The van der Waals surface area contributed by atoms with Gasteiger partial charge in [0.25, 0.3) is 0 Å². The number of esters is 1. The first-order valence-corrected chi connectivity index (χ1v) is 7.22. The molecule has 0 aliphatic heterocycles. The normalized spacial score (nSPS) is 26.2. The second-order valence-electron chi connectivity index (χ2n) is 4.49. The maximum atomic E-state index is 11.4. The summed E-state index contributed by atoms with van der Waals surface area (Å²) in [4.78, 5) is 21.6. The zero-order chi connectivity index (χ0) is 12.8. The van der Waals surface area contributed by atoms with Crippen molar-refractivity contribution in [2.24, 2.45) is 5.92 Å². The molecule has 0 spiro atoms. The molecule has 5 nitrogen and oxygen atoms in total. The molecule has 0 aromatic rings. The lowest BCUT2D eigenvalue weighted by molar-refractivity contribution is -0.147. The molecule has 1 atom stereocenters. The van der Waals surface area contributed by atoms with Crippen LogP contribution in [0.3, 0.4) is 0 Å². The molecule has 6 heteroatoms. The minimum Gasteiger partial charge on any atom is -0.481 e. The van der Waals surface area contributed by atoms with E-state index < -0.39 is 28.5 Å². The van der Waals surface area contributed by atoms with Gasteiger partial charge in [-0.1, -0.05) is 6.92 Å². The molecule has 0 saturated heterocycles. The lowest BCUT2D eigenvalue weighted by atomic mass is 9.89. The molecule has 1 fully saturated rings. The molecule has 1 unspecified atom stereocenters. The highest BCUT2D eigenvalue weighted by Gasteiger charge is 2.22. The molecule has 0 aromatic carbocycles. The first-order valence-electron chi connectivity index (χ1n) is 5.73. The Morgan fingerprint density at radius 1 is 1.24 bits per heavy atom. The highest BCUT2D eigenvalue weighted by molar-refractivity contribution is 7.86. The van der Waals surface area contributed by atoms with Crippen LogP contribution in [0.5, 0.6) is 0 Å². The van der Waals surface area contributed by atoms with E-state index in [0.29, 0.717) is 5.92 Å². The smallest absolute Gasteiger partial charge is 0.318 e. The average Bonchev–Trinajstić information content (AvgIpc) is 2.19. The third-order valence-corrected chi connectivity index (χ3v) is 3.95. The predicted octanol–water partition coefficient (Wildman–Crippen LogP) is 0.942. The fourth-order valence-corrected chi connectivity index (χ4v) is 2.60. The van der Waals surface area contributed by atoms with Crippen molar-refractivity contribution in [2.45, 2.75) is 38.7 Å². The topological polar surface area (TPSA) is 80.7 Å². The van der Waals surface area contributed by atoms with Gasteiger partial charge in [0.2, 0.25) is 0 Å². The van der Waals surface area contributed by atoms with Crippen LogP contribution < -0.4 is 0 Å². The van der Waals surface area contributed by atoms with Crippen LogP contribution in [0.2, 0.25) is 0 Å². The van der Waals surface area contributed by atoms with Gasteiger partial charge in [-0.05, 0) is 31.6 Å². The highest BCUT2D eigenvalue weighted by Crippen LogP contribution is 2.25. The Kier molecular flexibility index (Phi) is 5.61. The van der Waals surface area contributed by atoms with Gasteiger partial charge in [0.05, 0.1) is 0 Å². The molecule has 1 aliphatic rings. The van der Waals surface area contributed by atoms with E-state index in [9.17, 15) is 13.8 Å². The first kappa shape index (κ1) is 14.2. The van der Waals surface area contributed by atoms with Gasteiger partial charge in [-0.15, -0.1) is 0 Å². The second-order valence-corrected chi connectivity index (χ2v) is 5.95. The maximum Gasteiger partial charge on any atom is 0.318 e. The van der Waals surface area contributed by atoms with Crippen LogP contribution in [0.4, 0.5) is 0 Å². The fraction of sp³-hybridized carbons (Fsp3) is 0.818. The Balaban J connectivity index is 2.25. The Labute approximate surface area is 103 Å². The van der Waals surface area contributed by atoms with Crippen LogP contribution in [-0.4, -0.2) is 38.9 Å². The predicted molar refractivity (Wildman–Crippen MR) is 63.0 cm³/mol. The molecule has 0 aromatic heterocycles. The molecule has 98 valence electrons. The summed E-state index contributed by atoms with van der Waals surface area (Å²) in [5.74, 6) is -1.87. The van der Waals surface area contributed by atoms with E-state index in [1.165, 1.54) is 0 Å². The summed E-state index contributed by atoms with van der Waals surface area (Å²) in [6.45, 7) is 2.17. The monoisotopic (exact) mass is 262 g/mol. The molecule has 0 heterocycles.